The summed E-state index contributed by atoms with van der Waals surface area (Å²) >= 11 is 0. The summed E-state index contributed by atoms with van der Waals surface area (Å²) in [4.78, 5) is 14.5. The van der Waals surface area contributed by atoms with Crippen LogP contribution in [0.1, 0.15) is 28.8 Å². The molecule has 0 aliphatic carbocycles. The maximum Gasteiger partial charge on any atom is 0.253 e. The minimum Gasteiger partial charge on any atom is -0.358 e. The highest BCUT2D eigenvalue weighted by molar-refractivity contribution is 7.89. The number of benzene rings is 2. The lowest BCUT2D eigenvalue weighted by molar-refractivity contribution is -0.0857. The molecule has 1 amide bonds. The van der Waals surface area contributed by atoms with Crippen molar-refractivity contribution < 1.29 is 22.3 Å². The number of hydrogen-bond donors (Lipinski definition) is 0. The molecule has 2 saturated heterocycles. The largest absolute Gasteiger partial charge is 0.358 e. The highest BCUT2D eigenvalue weighted by Crippen LogP contribution is 2.38. The Hall–Kier alpha value is -2.29. The number of likely N-dealkylation sites (tertiary alicyclic amines) is 1. The zero-order valence-corrected chi connectivity index (χ0v) is 17.0. The molecule has 2 aromatic rings. The second kappa shape index (κ2) is 7.51. The van der Waals surface area contributed by atoms with E-state index in [0.717, 1.165) is 17.7 Å². The molecule has 2 aliphatic heterocycles. The monoisotopic (exact) mass is 418 g/mol. The summed E-state index contributed by atoms with van der Waals surface area (Å²) in [6.45, 7) is 3.31. The number of halogens is 1. The SMILES string of the molecule is Cc1ccc(C(=O)N2CCC3(CC2)OCCN3S(=O)(=O)c2ccc(F)cc2)cc1. The standard InChI is InChI=1S/C21H23FN2O4S/c1-16-2-4-17(5-3-16)20(25)23-12-10-21(11-13-23)24(14-15-28-21)29(26,27)19-8-6-18(22)7-9-19/h2-9H,10-15H2,1H3. The van der Waals surface area contributed by atoms with E-state index in [-0.39, 0.29) is 17.3 Å². The Balaban J connectivity index is 1.51. The molecule has 8 heteroatoms. The third-order valence-electron chi connectivity index (χ3n) is 5.65. The third kappa shape index (κ3) is 3.68. The Morgan fingerprint density at radius 3 is 2.24 bits per heavy atom. The minimum absolute atomic E-state index is 0.0435. The maximum absolute atomic E-state index is 13.2. The van der Waals surface area contributed by atoms with Gasteiger partial charge in [0.1, 0.15) is 11.5 Å². The van der Waals surface area contributed by atoms with E-state index in [4.69, 9.17) is 4.74 Å². The average Bonchev–Trinajstić information content (AvgIpc) is 3.13. The molecule has 29 heavy (non-hydrogen) atoms. The summed E-state index contributed by atoms with van der Waals surface area (Å²) in [5.74, 6) is -0.551. The van der Waals surface area contributed by atoms with Crippen LogP contribution in [0.4, 0.5) is 4.39 Å². The van der Waals surface area contributed by atoms with Crippen LogP contribution in [0.15, 0.2) is 53.4 Å². The van der Waals surface area contributed by atoms with Crippen molar-refractivity contribution in [2.75, 3.05) is 26.2 Å². The topological polar surface area (TPSA) is 66.9 Å². The molecule has 2 aromatic carbocycles. The van der Waals surface area contributed by atoms with Gasteiger partial charge < -0.3 is 9.64 Å². The van der Waals surface area contributed by atoms with Crippen LogP contribution in [-0.2, 0) is 14.8 Å². The van der Waals surface area contributed by atoms with Crippen LogP contribution < -0.4 is 0 Å². The van der Waals surface area contributed by atoms with Crippen LogP contribution >= 0.6 is 0 Å². The number of aryl methyl sites for hydroxylation is 1. The number of carbonyl (C=O) groups excluding carboxylic acids is 1. The van der Waals surface area contributed by atoms with Gasteiger partial charge in [0.25, 0.3) is 5.91 Å². The maximum atomic E-state index is 13.2. The van der Waals surface area contributed by atoms with E-state index in [2.05, 4.69) is 0 Å². The normalized spacial score (nSPS) is 19.6. The van der Waals surface area contributed by atoms with E-state index in [0.29, 0.717) is 38.1 Å². The highest BCUT2D eigenvalue weighted by Gasteiger charge is 2.51. The molecule has 2 fully saturated rings. The van der Waals surface area contributed by atoms with Crippen molar-refractivity contribution >= 4 is 15.9 Å². The van der Waals surface area contributed by atoms with Gasteiger partial charge in [-0.2, -0.15) is 4.31 Å². The van der Waals surface area contributed by atoms with E-state index < -0.39 is 21.6 Å². The summed E-state index contributed by atoms with van der Waals surface area (Å²) in [6, 6.07) is 12.2. The van der Waals surface area contributed by atoms with Gasteiger partial charge in [-0.15, -0.1) is 0 Å². The van der Waals surface area contributed by atoms with E-state index in [1.807, 2.05) is 19.1 Å². The number of piperidine rings is 1. The van der Waals surface area contributed by atoms with Gasteiger partial charge in [0, 0.05) is 38.0 Å². The Morgan fingerprint density at radius 2 is 1.62 bits per heavy atom. The first-order chi connectivity index (χ1) is 13.8. The Labute approximate surface area is 169 Å². The quantitative estimate of drug-likeness (QED) is 0.769. The fourth-order valence-electron chi connectivity index (χ4n) is 4.00. The van der Waals surface area contributed by atoms with Crippen LogP contribution in [0.5, 0.6) is 0 Å². The number of hydrogen-bond acceptors (Lipinski definition) is 4. The van der Waals surface area contributed by atoms with Gasteiger partial charge in [0.2, 0.25) is 10.0 Å². The molecule has 0 bridgehead atoms. The zero-order chi connectivity index (χ0) is 20.6. The van der Waals surface area contributed by atoms with Gasteiger partial charge in [-0.1, -0.05) is 17.7 Å². The molecular weight excluding hydrogens is 395 g/mol. The summed E-state index contributed by atoms with van der Waals surface area (Å²) in [5, 5.41) is 0. The third-order valence-corrected chi connectivity index (χ3v) is 7.62. The minimum atomic E-state index is -3.82. The molecule has 2 aliphatic rings. The summed E-state index contributed by atoms with van der Waals surface area (Å²) in [7, 11) is -3.82. The van der Waals surface area contributed by atoms with E-state index in [1.54, 1.807) is 17.0 Å². The Kier molecular flexibility index (Phi) is 5.18. The van der Waals surface area contributed by atoms with Crippen LogP contribution in [0, 0.1) is 12.7 Å². The van der Waals surface area contributed by atoms with Crippen LogP contribution in [0.2, 0.25) is 0 Å². The van der Waals surface area contributed by atoms with Crippen molar-refractivity contribution in [2.45, 2.75) is 30.4 Å². The van der Waals surface area contributed by atoms with Crippen molar-refractivity contribution in [3.8, 4) is 0 Å². The molecule has 6 nitrogen and oxygen atoms in total. The molecule has 1 spiro atoms. The lowest BCUT2D eigenvalue weighted by atomic mass is 9.99. The number of carbonyl (C=O) groups is 1. The number of amides is 1. The Morgan fingerprint density at radius 1 is 1.00 bits per heavy atom. The summed E-state index contributed by atoms with van der Waals surface area (Å²) < 4.78 is 46.8. The smallest absolute Gasteiger partial charge is 0.253 e. The molecule has 2 heterocycles. The van der Waals surface area contributed by atoms with Crippen molar-refractivity contribution in [2.24, 2.45) is 0 Å². The van der Waals surface area contributed by atoms with E-state index in [9.17, 15) is 17.6 Å². The van der Waals surface area contributed by atoms with Crippen molar-refractivity contribution in [1.29, 1.82) is 0 Å². The fourth-order valence-corrected chi connectivity index (χ4v) is 5.72. The molecule has 0 saturated carbocycles. The molecule has 0 N–H and O–H groups in total. The first-order valence-corrected chi connectivity index (χ1v) is 11.0. The van der Waals surface area contributed by atoms with Crippen LogP contribution in [-0.4, -0.2) is 55.5 Å². The predicted octanol–water partition coefficient (Wildman–Crippen LogP) is 2.79. The molecule has 0 aromatic heterocycles. The predicted molar refractivity (Wildman–Crippen MR) is 105 cm³/mol. The number of ether oxygens (including phenoxy) is 1. The van der Waals surface area contributed by atoms with Crippen molar-refractivity contribution in [3.05, 3.63) is 65.5 Å². The van der Waals surface area contributed by atoms with Crippen molar-refractivity contribution in [1.82, 2.24) is 9.21 Å². The van der Waals surface area contributed by atoms with Gasteiger partial charge in [0.05, 0.1) is 11.5 Å². The molecular formula is C21H23FN2O4S. The molecule has 0 radical (unpaired) electrons. The fraction of sp³-hybridized carbons (Fsp3) is 0.381. The number of rotatable bonds is 3. The molecule has 0 unspecified atom stereocenters. The molecule has 154 valence electrons. The van der Waals surface area contributed by atoms with Crippen LogP contribution in [0.25, 0.3) is 0 Å². The van der Waals surface area contributed by atoms with Gasteiger partial charge in [-0.3, -0.25) is 4.79 Å². The van der Waals surface area contributed by atoms with Gasteiger partial charge in [-0.05, 0) is 43.3 Å². The van der Waals surface area contributed by atoms with Crippen molar-refractivity contribution in [3.63, 3.8) is 0 Å². The zero-order valence-electron chi connectivity index (χ0n) is 16.2. The lowest BCUT2D eigenvalue weighted by Gasteiger charge is -2.42. The lowest BCUT2D eigenvalue weighted by Crippen LogP contribution is -2.55. The van der Waals surface area contributed by atoms with E-state index >= 15 is 0 Å². The first kappa shape index (κ1) is 20.0. The summed E-state index contributed by atoms with van der Waals surface area (Å²) in [5.41, 5.74) is 0.743. The Bertz CT molecular complexity index is 998. The average molecular weight is 418 g/mol. The van der Waals surface area contributed by atoms with Gasteiger partial charge in [-0.25, -0.2) is 12.8 Å². The second-order valence-corrected chi connectivity index (χ2v) is 9.35. The first-order valence-electron chi connectivity index (χ1n) is 9.60. The van der Waals surface area contributed by atoms with Gasteiger partial charge in [0.15, 0.2) is 0 Å². The van der Waals surface area contributed by atoms with E-state index in [1.165, 1.54) is 16.4 Å². The molecule has 4 rings (SSSR count). The number of sulfonamides is 1. The highest BCUT2D eigenvalue weighted by atomic mass is 32.2. The summed E-state index contributed by atoms with van der Waals surface area (Å²) in [6.07, 6.45) is 0.788. The van der Waals surface area contributed by atoms with Crippen LogP contribution in [0.3, 0.4) is 0 Å². The molecule has 0 atom stereocenters. The second-order valence-electron chi connectivity index (χ2n) is 7.48. The number of nitrogens with zero attached hydrogens (tertiary/aromatic N) is 2. The van der Waals surface area contributed by atoms with Gasteiger partial charge >= 0.3 is 0 Å².